The fraction of sp³-hybridized carbons (Fsp3) is 0.333. The van der Waals surface area contributed by atoms with E-state index in [-0.39, 0.29) is 23.7 Å². The number of nitrogens with one attached hydrogen (secondary N) is 1. The van der Waals surface area contributed by atoms with Crippen LogP contribution in [0.4, 0.5) is 4.39 Å². The molecule has 28 heavy (non-hydrogen) atoms. The van der Waals surface area contributed by atoms with Crippen molar-refractivity contribution in [1.29, 1.82) is 0 Å². The van der Waals surface area contributed by atoms with Gasteiger partial charge in [0.2, 0.25) is 11.8 Å². The first-order chi connectivity index (χ1) is 13.6. The lowest BCUT2D eigenvalue weighted by Gasteiger charge is -2.23. The molecule has 4 atom stereocenters. The molecule has 2 amide bonds. The SMILES string of the molecule is O=C(NCc1ccc(F)cc1)C1[C@@H]2C=CC3(CN(Cc4cccs4)C(=O)[C@H]13)O2. The van der Waals surface area contributed by atoms with Gasteiger partial charge in [0, 0.05) is 11.4 Å². The summed E-state index contributed by atoms with van der Waals surface area (Å²) in [6.45, 7) is 1.31. The fourth-order valence-corrected chi connectivity index (χ4v) is 5.23. The quantitative estimate of drug-likeness (QED) is 0.788. The van der Waals surface area contributed by atoms with Crippen molar-refractivity contribution in [3.63, 3.8) is 0 Å². The maximum Gasteiger partial charge on any atom is 0.230 e. The van der Waals surface area contributed by atoms with Crippen LogP contribution in [0.5, 0.6) is 0 Å². The fourth-order valence-electron chi connectivity index (χ4n) is 4.51. The van der Waals surface area contributed by atoms with E-state index in [1.165, 1.54) is 12.1 Å². The molecule has 1 spiro atoms. The van der Waals surface area contributed by atoms with Gasteiger partial charge < -0.3 is 15.0 Å². The molecule has 7 heteroatoms. The highest BCUT2D eigenvalue weighted by molar-refractivity contribution is 7.09. The van der Waals surface area contributed by atoms with Crippen molar-refractivity contribution >= 4 is 23.2 Å². The van der Waals surface area contributed by atoms with Crippen molar-refractivity contribution in [3.8, 4) is 0 Å². The highest BCUT2D eigenvalue weighted by Crippen LogP contribution is 2.52. The Morgan fingerprint density at radius 2 is 2.14 bits per heavy atom. The van der Waals surface area contributed by atoms with Gasteiger partial charge in [0.25, 0.3) is 0 Å². The van der Waals surface area contributed by atoms with Crippen molar-refractivity contribution in [1.82, 2.24) is 10.2 Å². The molecule has 4 heterocycles. The zero-order valence-electron chi connectivity index (χ0n) is 15.0. The molecule has 0 aliphatic carbocycles. The largest absolute Gasteiger partial charge is 0.360 e. The van der Waals surface area contributed by atoms with Crippen molar-refractivity contribution in [3.05, 3.63) is 70.2 Å². The number of halogens is 1. The van der Waals surface area contributed by atoms with Crippen LogP contribution < -0.4 is 5.32 Å². The molecule has 144 valence electrons. The molecule has 2 aromatic rings. The zero-order valence-corrected chi connectivity index (χ0v) is 15.8. The summed E-state index contributed by atoms with van der Waals surface area (Å²) in [5, 5.41) is 4.88. The Morgan fingerprint density at radius 3 is 2.89 bits per heavy atom. The van der Waals surface area contributed by atoms with E-state index in [1.54, 1.807) is 28.4 Å². The van der Waals surface area contributed by atoms with Crippen molar-refractivity contribution in [2.24, 2.45) is 11.8 Å². The smallest absolute Gasteiger partial charge is 0.230 e. The number of carbonyl (C=O) groups excluding carboxylic acids is 2. The van der Waals surface area contributed by atoms with Gasteiger partial charge in [-0.3, -0.25) is 9.59 Å². The Morgan fingerprint density at radius 1 is 1.32 bits per heavy atom. The second-order valence-corrected chi connectivity index (χ2v) is 8.55. The Labute approximate surface area is 165 Å². The second kappa shape index (κ2) is 6.53. The Bertz CT molecular complexity index is 943. The first-order valence-electron chi connectivity index (χ1n) is 9.26. The van der Waals surface area contributed by atoms with E-state index in [4.69, 9.17) is 4.74 Å². The predicted octanol–water partition coefficient (Wildman–Crippen LogP) is 2.49. The molecular weight excluding hydrogens is 379 g/mol. The van der Waals surface area contributed by atoms with Crippen LogP contribution in [-0.4, -0.2) is 35.0 Å². The van der Waals surface area contributed by atoms with Gasteiger partial charge in [-0.15, -0.1) is 11.3 Å². The van der Waals surface area contributed by atoms with Gasteiger partial charge in [-0.25, -0.2) is 4.39 Å². The Hall–Kier alpha value is -2.51. The van der Waals surface area contributed by atoms with Crippen LogP contribution in [0.15, 0.2) is 53.9 Å². The average Bonchev–Trinajstić information content (AvgIpc) is 3.45. The number of hydrogen-bond donors (Lipinski definition) is 1. The van der Waals surface area contributed by atoms with Crippen LogP contribution in [-0.2, 0) is 27.4 Å². The summed E-state index contributed by atoms with van der Waals surface area (Å²) in [4.78, 5) is 28.9. The van der Waals surface area contributed by atoms with E-state index < -0.39 is 17.4 Å². The number of amides is 2. The van der Waals surface area contributed by atoms with Crippen LogP contribution in [0.1, 0.15) is 10.4 Å². The van der Waals surface area contributed by atoms with Crippen LogP contribution in [0.2, 0.25) is 0 Å². The first kappa shape index (κ1) is 17.6. The number of benzene rings is 1. The van der Waals surface area contributed by atoms with Crippen molar-refractivity contribution in [2.45, 2.75) is 24.8 Å². The minimum atomic E-state index is -0.698. The van der Waals surface area contributed by atoms with Crippen molar-refractivity contribution < 1.29 is 18.7 Å². The summed E-state index contributed by atoms with van der Waals surface area (Å²) in [5.74, 6) is -1.56. The summed E-state index contributed by atoms with van der Waals surface area (Å²) in [7, 11) is 0. The number of likely N-dealkylation sites (tertiary alicyclic amines) is 1. The van der Waals surface area contributed by atoms with Crippen LogP contribution in [0.3, 0.4) is 0 Å². The molecule has 3 aliphatic rings. The molecule has 0 saturated carbocycles. The minimum Gasteiger partial charge on any atom is -0.360 e. The second-order valence-electron chi connectivity index (χ2n) is 7.52. The van der Waals surface area contributed by atoms with E-state index in [1.807, 2.05) is 29.7 Å². The lowest BCUT2D eigenvalue weighted by molar-refractivity contribution is -0.137. The summed E-state index contributed by atoms with van der Waals surface area (Å²) < 4.78 is 19.2. The standard InChI is InChI=1S/C21H19FN2O3S/c22-14-5-3-13(4-6-14)10-23-19(25)17-16-7-8-21(27-16)12-24(20(26)18(17)21)11-15-2-1-9-28-15/h1-9,16-18H,10-12H2,(H,23,25)/t16-,17?,18-,21?/m0/s1. The van der Waals surface area contributed by atoms with E-state index in [2.05, 4.69) is 5.32 Å². The van der Waals surface area contributed by atoms with E-state index >= 15 is 0 Å². The number of thiophene rings is 1. The third kappa shape index (κ3) is 2.77. The minimum absolute atomic E-state index is 0.0258. The van der Waals surface area contributed by atoms with Gasteiger partial charge in [-0.1, -0.05) is 30.4 Å². The molecular formula is C21H19FN2O3S. The van der Waals surface area contributed by atoms with E-state index in [0.29, 0.717) is 19.6 Å². The summed E-state index contributed by atoms with van der Waals surface area (Å²) in [6, 6.07) is 9.97. The highest BCUT2D eigenvalue weighted by Gasteiger charge is 2.66. The number of hydrogen-bond acceptors (Lipinski definition) is 4. The number of rotatable bonds is 5. The average molecular weight is 398 g/mol. The number of ether oxygens (including phenoxy) is 1. The normalized spacial score (nSPS) is 30.1. The van der Waals surface area contributed by atoms with Gasteiger partial charge in [-0.05, 0) is 29.1 Å². The molecule has 1 N–H and O–H groups in total. The lowest BCUT2D eigenvalue weighted by atomic mass is 9.77. The Balaban J connectivity index is 1.32. The maximum absolute atomic E-state index is 13.1. The molecule has 2 saturated heterocycles. The maximum atomic E-state index is 13.1. The monoisotopic (exact) mass is 398 g/mol. The molecule has 2 fully saturated rings. The van der Waals surface area contributed by atoms with Gasteiger partial charge in [0.15, 0.2) is 0 Å². The molecule has 5 rings (SSSR count). The number of fused-ring (bicyclic) bond motifs is 1. The first-order valence-corrected chi connectivity index (χ1v) is 10.1. The summed E-state index contributed by atoms with van der Waals surface area (Å²) in [6.07, 6.45) is 3.49. The number of nitrogens with zero attached hydrogens (tertiary/aromatic N) is 1. The third-order valence-electron chi connectivity index (χ3n) is 5.79. The van der Waals surface area contributed by atoms with Crippen LogP contribution >= 0.6 is 11.3 Å². The predicted molar refractivity (Wildman–Crippen MR) is 102 cm³/mol. The summed E-state index contributed by atoms with van der Waals surface area (Å²) in [5.41, 5.74) is 0.109. The van der Waals surface area contributed by atoms with Crippen molar-refractivity contribution in [2.75, 3.05) is 6.54 Å². The molecule has 5 nitrogen and oxygen atoms in total. The highest BCUT2D eigenvalue weighted by atomic mass is 32.1. The van der Waals surface area contributed by atoms with E-state index in [0.717, 1.165) is 10.4 Å². The molecule has 3 aliphatic heterocycles. The number of carbonyl (C=O) groups is 2. The molecule has 0 radical (unpaired) electrons. The lowest BCUT2D eigenvalue weighted by Crippen LogP contribution is -2.43. The van der Waals surface area contributed by atoms with Gasteiger partial charge >= 0.3 is 0 Å². The molecule has 1 aromatic heterocycles. The van der Waals surface area contributed by atoms with Crippen LogP contribution in [0.25, 0.3) is 0 Å². The van der Waals surface area contributed by atoms with Gasteiger partial charge in [0.05, 0.1) is 31.0 Å². The van der Waals surface area contributed by atoms with E-state index in [9.17, 15) is 14.0 Å². The Kier molecular flexibility index (Phi) is 4.10. The molecule has 2 bridgehead atoms. The molecule has 2 unspecified atom stereocenters. The van der Waals surface area contributed by atoms with Gasteiger partial charge in [-0.2, -0.15) is 0 Å². The summed E-state index contributed by atoms with van der Waals surface area (Å²) >= 11 is 1.61. The van der Waals surface area contributed by atoms with Crippen LogP contribution in [0, 0.1) is 17.7 Å². The molecule has 1 aromatic carbocycles. The zero-order chi connectivity index (χ0) is 19.3. The van der Waals surface area contributed by atoms with Gasteiger partial charge in [0.1, 0.15) is 11.4 Å². The topological polar surface area (TPSA) is 58.6 Å². The third-order valence-corrected chi connectivity index (χ3v) is 6.65.